The van der Waals surface area contributed by atoms with Gasteiger partial charge < -0.3 is 4.42 Å². The van der Waals surface area contributed by atoms with Crippen molar-refractivity contribution in [3.05, 3.63) is 54.2 Å². The summed E-state index contributed by atoms with van der Waals surface area (Å²) < 4.78 is 5.30. The minimum atomic E-state index is 0.451. The molecule has 0 saturated heterocycles. The van der Waals surface area contributed by atoms with Crippen molar-refractivity contribution in [1.29, 1.82) is 0 Å². The van der Waals surface area contributed by atoms with Gasteiger partial charge in [-0.1, -0.05) is 22.0 Å². The third kappa shape index (κ3) is 3.49. The maximum Gasteiger partial charge on any atom is 0.103 e. The van der Waals surface area contributed by atoms with Gasteiger partial charge in [0.1, 0.15) is 5.76 Å². The number of pyridine rings is 1. The second-order valence-electron chi connectivity index (χ2n) is 3.74. The van der Waals surface area contributed by atoms with Crippen molar-refractivity contribution in [3.63, 3.8) is 0 Å². The highest BCUT2D eigenvalue weighted by Crippen LogP contribution is 2.15. The molecule has 2 aromatic rings. The van der Waals surface area contributed by atoms with Crippen LogP contribution in [-0.4, -0.2) is 9.81 Å². The minimum Gasteiger partial charge on any atom is -0.469 e. The monoisotopic (exact) mass is 279 g/mol. The van der Waals surface area contributed by atoms with Crippen LogP contribution in [0, 0.1) is 0 Å². The van der Waals surface area contributed by atoms with Gasteiger partial charge in [0.25, 0.3) is 0 Å². The fraction of sp³-hybridized carbons (Fsp3) is 0.308. The smallest absolute Gasteiger partial charge is 0.103 e. The van der Waals surface area contributed by atoms with Crippen molar-refractivity contribution in [2.24, 2.45) is 0 Å². The molecule has 0 aliphatic heterocycles. The average Bonchev–Trinajstić information content (AvgIpc) is 2.81. The standard InChI is InChI=1S/C13H14BrNO/c14-11(6-7-13-5-3-9-16-13)10-12-4-1-2-8-15-12/h1-5,8-9,11H,6-7,10H2. The lowest BCUT2D eigenvalue weighted by Crippen LogP contribution is -2.05. The number of hydrogen-bond acceptors (Lipinski definition) is 2. The molecule has 2 heterocycles. The van der Waals surface area contributed by atoms with E-state index in [1.54, 1.807) is 6.26 Å². The van der Waals surface area contributed by atoms with E-state index in [0.717, 1.165) is 30.7 Å². The molecular formula is C13H14BrNO. The number of halogens is 1. The van der Waals surface area contributed by atoms with Crippen LogP contribution >= 0.6 is 15.9 Å². The molecule has 2 nitrogen and oxygen atoms in total. The van der Waals surface area contributed by atoms with Crippen LogP contribution in [0.15, 0.2) is 47.2 Å². The van der Waals surface area contributed by atoms with Gasteiger partial charge in [0, 0.05) is 29.6 Å². The van der Waals surface area contributed by atoms with Gasteiger partial charge in [0.15, 0.2) is 0 Å². The predicted molar refractivity (Wildman–Crippen MR) is 67.7 cm³/mol. The van der Waals surface area contributed by atoms with Crippen LogP contribution in [0.25, 0.3) is 0 Å². The summed E-state index contributed by atoms with van der Waals surface area (Å²) in [7, 11) is 0. The molecule has 16 heavy (non-hydrogen) atoms. The molecule has 2 rings (SSSR count). The minimum absolute atomic E-state index is 0.451. The fourth-order valence-corrected chi connectivity index (χ4v) is 2.16. The second kappa shape index (κ2) is 5.85. The first-order valence-corrected chi connectivity index (χ1v) is 6.32. The molecule has 0 aromatic carbocycles. The Morgan fingerprint density at radius 3 is 2.88 bits per heavy atom. The summed E-state index contributed by atoms with van der Waals surface area (Å²) in [6, 6.07) is 9.96. The van der Waals surface area contributed by atoms with Gasteiger partial charge in [0.2, 0.25) is 0 Å². The van der Waals surface area contributed by atoms with Crippen molar-refractivity contribution in [2.75, 3.05) is 0 Å². The number of rotatable bonds is 5. The van der Waals surface area contributed by atoms with Gasteiger partial charge in [-0.25, -0.2) is 0 Å². The Hall–Kier alpha value is -1.09. The van der Waals surface area contributed by atoms with Gasteiger partial charge in [-0.05, 0) is 30.7 Å². The molecule has 1 atom stereocenters. The topological polar surface area (TPSA) is 26.0 Å². The molecule has 84 valence electrons. The van der Waals surface area contributed by atoms with Crippen molar-refractivity contribution >= 4 is 15.9 Å². The number of hydrogen-bond donors (Lipinski definition) is 0. The highest BCUT2D eigenvalue weighted by Gasteiger charge is 2.07. The first kappa shape index (κ1) is 11.4. The van der Waals surface area contributed by atoms with E-state index in [9.17, 15) is 0 Å². The molecule has 0 aliphatic carbocycles. The lowest BCUT2D eigenvalue weighted by Gasteiger charge is -2.07. The maximum atomic E-state index is 5.30. The summed E-state index contributed by atoms with van der Waals surface area (Å²) in [6.07, 6.45) is 6.54. The van der Waals surface area contributed by atoms with Crippen molar-refractivity contribution in [2.45, 2.75) is 24.1 Å². The van der Waals surface area contributed by atoms with Crippen molar-refractivity contribution < 1.29 is 4.42 Å². The number of furan rings is 1. The van der Waals surface area contributed by atoms with E-state index in [-0.39, 0.29) is 0 Å². The van der Waals surface area contributed by atoms with Gasteiger partial charge in [0.05, 0.1) is 6.26 Å². The molecule has 1 unspecified atom stereocenters. The molecule has 3 heteroatoms. The Balaban J connectivity index is 1.78. The molecule has 0 radical (unpaired) electrons. The first-order valence-electron chi connectivity index (χ1n) is 5.41. The molecule has 2 aromatic heterocycles. The van der Waals surface area contributed by atoms with Gasteiger partial charge in [-0.15, -0.1) is 0 Å². The number of aryl methyl sites for hydroxylation is 1. The van der Waals surface area contributed by atoms with E-state index in [1.807, 2.05) is 30.5 Å². The van der Waals surface area contributed by atoms with E-state index in [2.05, 4.69) is 27.0 Å². The summed E-state index contributed by atoms with van der Waals surface area (Å²) in [5, 5.41) is 0. The summed E-state index contributed by atoms with van der Waals surface area (Å²) in [5.74, 6) is 1.05. The van der Waals surface area contributed by atoms with E-state index in [4.69, 9.17) is 4.42 Å². The predicted octanol–water partition coefficient (Wildman–Crippen LogP) is 3.61. The lowest BCUT2D eigenvalue weighted by atomic mass is 10.1. The van der Waals surface area contributed by atoms with Crippen molar-refractivity contribution in [1.82, 2.24) is 4.98 Å². The van der Waals surface area contributed by atoms with Crippen LogP contribution in [-0.2, 0) is 12.8 Å². The number of alkyl halides is 1. The molecule has 0 saturated carbocycles. The SMILES string of the molecule is BrC(CCc1ccco1)Cc1ccccn1. The molecule has 0 spiro atoms. The Labute approximate surface area is 104 Å². The highest BCUT2D eigenvalue weighted by molar-refractivity contribution is 9.09. The molecular weight excluding hydrogens is 266 g/mol. The molecule has 0 amide bonds. The van der Waals surface area contributed by atoms with E-state index >= 15 is 0 Å². The molecule has 0 aliphatic rings. The lowest BCUT2D eigenvalue weighted by molar-refractivity contribution is 0.500. The largest absolute Gasteiger partial charge is 0.469 e. The highest BCUT2D eigenvalue weighted by atomic mass is 79.9. The summed E-state index contributed by atoms with van der Waals surface area (Å²) in [6.45, 7) is 0. The third-order valence-electron chi connectivity index (χ3n) is 2.44. The van der Waals surface area contributed by atoms with E-state index < -0.39 is 0 Å². The molecule has 0 bridgehead atoms. The quantitative estimate of drug-likeness (QED) is 0.782. The zero-order chi connectivity index (χ0) is 11.2. The zero-order valence-electron chi connectivity index (χ0n) is 8.97. The molecule has 0 N–H and O–H groups in total. The summed E-state index contributed by atoms with van der Waals surface area (Å²) in [5.41, 5.74) is 1.13. The van der Waals surface area contributed by atoms with E-state index in [0.29, 0.717) is 4.83 Å². The van der Waals surface area contributed by atoms with E-state index in [1.165, 1.54) is 0 Å². The van der Waals surface area contributed by atoms with Gasteiger partial charge >= 0.3 is 0 Å². The van der Waals surface area contributed by atoms with Crippen LogP contribution in [0.3, 0.4) is 0 Å². The number of nitrogens with zero attached hydrogens (tertiary/aromatic N) is 1. The Bertz CT molecular complexity index is 399. The Kier molecular flexibility index (Phi) is 4.17. The maximum absolute atomic E-state index is 5.30. The number of aromatic nitrogens is 1. The summed E-state index contributed by atoms with van der Waals surface area (Å²) in [4.78, 5) is 4.76. The summed E-state index contributed by atoms with van der Waals surface area (Å²) >= 11 is 3.68. The van der Waals surface area contributed by atoms with Gasteiger partial charge in [-0.2, -0.15) is 0 Å². The zero-order valence-corrected chi connectivity index (χ0v) is 10.6. The van der Waals surface area contributed by atoms with Crippen LogP contribution < -0.4 is 0 Å². The van der Waals surface area contributed by atoms with Crippen LogP contribution in [0.1, 0.15) is 17.9 Å². The van der Waals surface area contributed by atoms with Crippen LogP contribution in [0.4, 0.5) is 0 Å². The average molecular weight is 280 g/mol. The third-order valence-corrected chi connectivity index (χ3v) is 3.22. The Morgan fingerprint density at radius 1 is 1.25 bits per heavy atom. The Morgan fingerprint density at radius 2 is 2.19 bits per heavy atom. The van der Waals surface area contributed by atoms with Crippen LogP contribution in [0.5, 0.6) is 0 Å². The normalized spacial score (nSPS) is 12.6. The van der Waals surface area contributed by atoms with Gasteiger partial charge in [-0.3, -0.25) is 4.98 Å². The van der Waals surface area contributed by atoms with Crippen molar-refractivity contribution in [3.8, 4) is 0 Å². The fourth-order valence-electron chi connectivity index (χ4n) is 1.60. The second-order valence-corrected chi connectivity index (χ2v) is 5.04. The molecule has 0 fully saturated rings. The first-order chi connectivity index (χ1) is 7.84. The van der Waals surface area contributed by atoms with Crippen LogP contribution in [0.2, 0.25) is 0 Å².